The minimum atomic E-state index is 0.688. The number of hydrogen-bond acceptors (Lipinski definition) is 6. The van der Waals surface area contributed by atoms with Gasteiger partial charge in [0, 0.05) is 13.1 Å². The van der Waals surface area contributed by atoms with Gasteiger partial charge in [0.25, 0.3) is 0 Å². The van der Waals surface area contributed by atoms with Gasteiger partial charge >= 0.3 is 0 Å². The van der Waals surface area contributed by atoms with E-state index < -0.39 is 0 Å². The first-order valence-corrected chi connectivity index (χ1v) is 7.47. The Labute approximate surface area is 128 Å². The second-order valence-electron chi connectivity index (χ2n) is 5.42. The zero-order chi connectivity index (χ0) is 14.9. The molecule has 0 saturated heterocycles. The summed E-state index contributed by atoms with van der Waals surface area (Å²) in [7, 11) is 0. The van der Waals surface area contributed by atoms with Crippen molar-refractivity contribution >= 4 is 11.7 Å². The summed E-state index contributed by atoms with van der Waals surface area (Å²) >= 11 is 0. The zero-order valence-corrected chi connectivity index (χ0v) is 12.4. The van der Waals surface area contributed by atoms with E-state index in [2.05, 4.69) is 57.0 Å². The third kappa shape index (κ3) is 2.16. The number of aryl methyl sites for hydroxylation is 1. The molecular weight excluding hydrogens is 278 g/mol. The molecule has 0 aliphatic carbocycles. The van der Waals surface area contributed by atoms with Gasteiger partial charge in [0.1, 0.15) is 0 Å². The molecule has 0 bridgehead atoms. The van der Waals surface area contributed by atoms with Crippen LogP contribution in [0.3, 0.4) is 0 Å². The van der Waals surface area contributed by atoms with Crippen molar-refractivity contribution in [2.45, 2.75) is 6.92 Å². The van der Waals surface area contributed by atoms with Crippen LogP contribution in [0.1, 0.15) is 17.0 Å². The summed E-state index contributed by atoms with van der Waals surface area (Å²) in [6.45, 7) is 5.27. The fraction of sp³-hybridized carbons (Fsp3) is 0.312. The molecule has 2 aliphatic heterocycles. The van der Waals surface area contributed by atoms with Crippen molar-refractivity contribution in [1.29, 1.82) is 0 Å². The van der Waals surface area contributed by atoms with Crippen LogP contribution in [0.2, 0.25) is 0 Å². The zero-order valence-electron chi connectivity index (χ0n) is 12.4. The molecule has 0 radical (unpaired) electrons. The first kappa shape index (κ1) is 13.1. The number of nitrogens with zero attached hydrogens (tertiary/aromatic N) is 3. The number of hydrogen-bond donors (Lipinski definition) is 2. The van der Waals surface area contributed by atoms with Gasteiger partial charge in [-0.3, -0.25) is 9.98 Å². The molecule has 3 heterocycles. The van der Waals surface area contributed by atoms with E-state index in [0.29, 0.717) is 5.76 Å². The van der Waals surface area contributed by atoms with Crippen LogP contribution in [0.4, 0.5) is 0 Å². The smallest absolute Gasteiger partial charge is 0.209 e. The summed E-state index contributed by atoms with van der Waals surface area (Å²) in [5, 5.41) is 10.8. The standard InChI is InChI=1S/C16H17N5O/c1-10-2-4-11(5-3-10)12-13(15-17-6-7-18-15)21-22-14(12)16-19-8-9-20-16/h2-5H,6-9H2,1H3,(H,17,18)(H,19,20). The molecule has 1 aromatic carbocycles. The maximum absolute atomic E-state index is 5.61. The van der Waals surface area contributed by atoms with Crippen molar-refractivity contribution in [1.82, 2.24) is 15.8 Å². The Hall–Kier alpha value is -2.63. The molecule has 22 heavy (non-hydrogen) atoms. The summed E-state index contributed by atoms with van der Waals surface area (Å²) in [5.41, 5.74) is 3.98. The molecule has 6 heteroatoms. The summed E-state index contributed by atoms with van der Waals surface area (Å²) in [5.74, 6) is 2.25. The quantitative estimate of drug-likeness (QED) is 0.896. The molecule has 4 rings (SSSR count). The number of benzene rings is 1. The Morgan fingerprint density at radius 1 is 0.955 bits per heavy atom. The van der Waals surface area contributed by atoms with Crippen LogP contribution >= 0.6 is 0 Å². The molecular formula is C16H17N5O. The van der Waals surface area contributed by atoms with Gasteiger partial charge < -0.3 is 15.2 Å². The van der Waals surface area contributed by atoms with Crippen molar-refractivity contribution in [2.24, 2.45) is 9.98 Å². The molecule has 0 saturated carbocycles. The molecule has 1 aromatic heterocycles. The number of aliphatic imine (C=N–C) groups is 2. The highest BCUT2D eigenvalue weighted by Gasteiger charge is 2.27. The highest BCUT2D eigenvalue weighted by molar-refractivity contribution is 6.10. The lowest BCUT2D eigenvalue weighted by molar-refractivity contribution is 0.411. The molecule has 0 atom stereocenters. The fourth-order valence-corrected chi connectivity index (χ4v) is 2.71. The topological polar surface area (TPSA) is 74.8 Å². The Morgan fingerprint density at radius 2 is 1.64 bits per heavy atom. The Bertz CT molecular complexity index is 716. The molecule has 0 spiro atoms. The van der Waals surface area contributed by atoms with Crippen LogP contribution < -0.4 is 10.6 Å². The van der Waals surface area contributed by atoms with E-state index in [9.17, 15) is 0 Å². The van der Waals surface area contributed by atoms with Crippen molar-refractivity contribution < 1.29 is 4.52 Å². The second-order valence-corrected chi connectivity index (χ2v) is 5.42. The van der Waals surface area contributed by atoms with E-state index in [1.54, 1.807) is 0 Å². The van der Waals surface area contributed by atoms with Gasteiger partial charge in [-0.25, -0.2) is 0 Å². The van der Waals surface area contributed by atoms with E-state index >= 15 is 0 Å². The van der Waals surface area contributed by atoms with Gasteiger partial charge in [0.15, 0.2) is 17.4 Å². The predicted molar refractivity (Wildman–Crippen MR) is 85.5 cm³/mol. The molecule has 0 amide bonds. The van der Waals surface area contributed by atoms with E-state index in [4.69, 9.17) is 4.52 Å². The van der Waals surface area contributed by atoms with Crippen LogP contribution in [0, 0.1) is 6.92 Å². The number of aromatic nitrogens is 1. The normalized spacial score (nSPS) is 17.0. The van der Waals surface area contributed by atoms with E-state index in [1.165, 1.54) is 5.56 Å². The van der Waals surface area contributed by atoms with Crippen LogP contribution in [-0.4, -0.2) is 43.0 Å². The maximum Gasteiger partial charge on any atom is 0.209 e. The maximum atomic E-state index is 5.61. The summed E-state index contributed by atoms with van der Waals surface area (Å²) in [6, 6.07) is 8.34. The molecule has 6 nitrogen and oxygen atoms in total. The summed E-state index contributed by atoms with van der Waals surface area (Å²) in [4.78, 5) is 8.93. The largest absolute Gasteiger partial charge is 0.367 e. The fourth-order valence-electron chi connectivity index (χ4n) is 2.71. The van der Waals surface area contributed by atoms with Crippen LogP contribution in [0.25, 0.3) is 11.1 Å². The summed E-state index contributed by atoms with van der Waals surface area (Å²) < 4.78 is 5.61. The van der Waals surface area contributed by atoms with Gasteiger partial charge in [-0.05, 0) is 12.5 Å². The van der Waals surface area contributed by atoms with E-state index in [0.717, 1.165) is 54.7 Å². The van der Waals surface area contributed by atoms with Crippen LogP contribution in [-0.2, 0) is 0 Å². The number of amidine groups is 2. The summed E-state index contributed by atoms with van der Waals surface area (Å²) in [6.07, 6.45) is 0. The van der Waals surface area contributed by atoms with Gasteiger partial charge in [0.05, 0.1) is 18.7 Å². The third-order valence-electron chi connectivity index (χ3n) is 3.82. The first-order valence-electron chi connectivity index (χ1n) is 7.47. The van der Waals surface area contributed by atoms with Crippen molar-refractivity contribution in [3.63, 3.8) is 0 Å². The van der Waals surface area contributed by atoms with Gasteiger partial charge in [-0.2, -0.15) is 0 Å². The van der Waals surface area contributed by atoms with Gasteiger partial charge in [-0.1, -0.05) is 35.0 Å². The van der Waals surface area contributed by atoms with Crippen molar-refractivity contribution in [3.05, 3.63) is 41.3 Å². The molecule has 2 aromatic rings. The Balaban J connectivity index is 1.87. The van der Waals surface area contributed by atoms with Crippen LogP contribution in [0.5, 0.6) is 0 Å². The molecule has 2 aliphatic rings. The molecule has 2 N–H and O–H groups in total. The molecule has 112 valence electrons. The number of nitrogens with one attached hydrogen (secondary N) is 2. The number of rotatable bonds is 3. The lowest BCUT2D eigenvalue weighted by Crippen LogP contribution is -2.22. The van der Waals surface area contributed by atoms with Crippen LogP contribution in [0.15, 0.2) is 38.8 Å². The van der Waals surface area contributed by atoms with E-state index in [1.807, 2.05) is 0 Å². The van der Waals surface area contributed by atoms with Gasteiger partial charge in [-0.15, -0.1) is 0 Å². The lowest BCUT2D eigenvalue weighted by atomic mass is 10.0. The SMILES string of the molecule is Cc1ccc(-c2c(C3=NCCN3)noc2C2=NCCN2)cc1. The lowest BCUT2D eigenvalue weighted by Gasteiger charge is -2.06. The average Bonchev–Trinajstić information content (AvgIpc) is 3.27. The minimum absolute atomic E-state index is 0.688. The average molecular weight is 295 g/mol. The predicted octanol–water partition coefficient (Wildman–Crippen LogP) is 1.35. The van der Waals surface area contributed by atoms with Crippen molar-refractivity contribution in [3.8, 4) is 11.1 Å². The Morgan fingerprint density at radius 3 is 2.27 bits per heavy atom. The molecule has 0 fully saturated rings. The monoisotopic (exact) mass is 295 g/mol. The Kier molecular flexibility index (Phi) is 3.14. The van der Waals surface area contributed by atoms with Crippen molar-refractivity contribution in [2.75, 3.05) is 26.2 Å². The second kappa shape index (κ2) is 5.29. The highest BCUT2D eigenvalue weighted by Crippen LogP contribution is 2.29. The van der Waals surface area contributed by atoms with E-state index in [-0.39, 0.29) is 0 Å². The van der Waals surface area contributed by atoms with Gasteiger partial charge in [0.2, 0.25) is 5.76 Å². The highest BCUT2D eigenvalue weighted by atomic mass is 16.5. The first-order chi connectivity index (χ1) is 10.8. The minimum Gasteiger partial charge on any atom is -0.367 e. The third-order valence-corrected chi connectivity index (χ3v) is 3.82. The molecule has 0 unspecified atom stereocenters.